The molecule has 88 valence electrons. The molecule has 2 rings (SSSR count). The van der Waals surface area contributed by atoms with E-state index in [0.29, 0.717) is 6.54 Å². The van der Waals surface area contributed by atoms with Crippen LogP contribution in [-0.4, -0.2) is 17.6 Å². The van der Waals surface area contributed by atoms with Crippen LogP contribution in [0.5, 0.6) is 0 Å². The van der Waals surface area contributed by atoms with Gasteiger partial charge in [0.1, 0.15) is 11.5 Å². The molecule has 4 heteroatoms. The highest BCUT2D eigenvalue weighted by molar-refractivity contribution is 5.87. The number of benzene rings is 1. The average Bonchev–Trinajstić information content (AvgIpc) is 2.70. The van der Waals surface area contributed by atoms with Crippen LogP contribution >= 0.6 is 0 Å². The summed E-state index contributed by atoms with van der Waals surface area (Å²) in [5, 5.41) is 0. The Labute approximate surface area is 98.4 Å². The second-order valence-corrected chi connectivity index (χ2v) is 3.65. The zero-order valence-electron chi connectivity index (χ0n) is 9.39. The lowest BCUT2D eigenvalue weighted by Gasteiger charge is -2.07. The summed E-state index contributed by atoms with van der Waals surface area (Å²) in [7, 11) is 1.28. The van der Waals surface area contributed by atoms with Crippen LogP contribution in [0, 0.1) is 5.82 Å². The average molecular weight is 233 g/mol. The van der Waals surface area contributed by atoms with Crippen molar-refractivity contribution >= 4 is 5.97 Å². The zero-order valence-corrected chi connectivity index (χ0v) is 9.39. The van der Waals surface area contributed by atoms with Crippen molar-refractivity contribution in [2.45, 2.75) is 6.54 Å². The maximum atomic E-state index is 13.2. The summed E-state index contributed by atoms with van der Waals surface area (Å²) in [6, 6.07) is 10.7. The fraction of sp³-hybridized carbons (Fsp3) is 0.154. The number of aromatic nitrogens is 1. The third kappa shape index (κ3) is 2.53. The minimum absolute atomic E-state index is 0.217. The van der Waals surface area contributed by atoms with Gasteiger partial charge in [0.25, 0.3) is 0 Å². The quantitative estimate of drug-likeness (QED) is 0.762. The van der Waals surface area contributed by atoms with E-state index in [4.69, 9.17) is 0 Å². The van der Waals surface area contributed by atoms with Crippen LogP contribution in [0.15, 0.2) is 42.6 Å². The van der Waals surface area contributed by atoms with E-state index in [-0.39, 0.29) is 5.69 Å². The van der Waals surface area contributed by atoms with Crippen molar-refractivity contribution in [2.24, 2.45) is 0 Å². The Hall–Kier alpha value is -2.10. The summed E-state index contributed by atoms with van der Waals surface area (Å²) >= 11 is 0. The van der Waals surface area contributed by atoms with E-state index in [0.717, 1.165) is 5.56 Å². The first-order valence-corrected chi connectivity index (χ1v) is 5.18. The highest BCUT2D eigenvalue weighted by atomic mass is 19.1. The lowest BCUT2D eigenvalue weighted by molar-refractivity contribution is 0.0589. The summed E-state index contributed by atoms with van der Waals surface area (Å²) in [5.41, 5.74) is 1.21. The number of carbonyl (C=O) groups excluding carboxylic acids is 1. The third-order valence-electron chi connectivity index (χ3n) is 2.45. The molecule has 3 nitrogen and oxygen atoms in total. The molecule has 2 aromatic rings. The second kappa shape index (κ2) is 4.82. The van der Waals surface area contributed by atoms with Crippen LogP contribution in [0.1, 0.15) is 16.1 Å². The second-order valence-electron chi connectivity index (χ2n) is 3.65. The van der Waals surface area contributed by atoms with Gasteiger partial charge in [0.15, 0.2) is 0 Å². The standard InChI is InChI=1S/C13H12FNO2/c1-17-13(16)12-7-11(14)9-15(12)8-10-5-3-2-4-6-10/h2-7,9H,8H2,1H3. The molecule has 1 aromatic carbocycles. The van der Waals surface area contributed by atoms with Crippen LogP contribution < -0.4 is 0 Å². The molecule has 0 unspecified atom stereocenters. The number of rotatable bonds is 3. The van der Waals surface area contributed by atoms with Gasteiger partial charge < -0.3 is 9.30 Å². The SMILES string of the molecule is COC(=O)c1cc(F)cn1Cc1ccccc1. The number of ether oxygens (including phenoxy) is 1. The number of halogens is 1. The van der Waals surface area contributed by atoms with Crippen molar-refractivity contribution in [3.63, 3.8) is 0 Å². The fourth-order valence-corrected chi connectivity index (χ4v) is 1.66. The molecule has 1 heterocycles. The normalized spacial score (nSPS) is 10.2. The van der Waals surface area contributed by atoms with Gasteiger partial charge in [-0.15, -0.1) is 0 Å². The topological polar surface area (TPSA) is 31.2 Å². The number of carbonyl (C=O) groups is 1. The molecule has 0 bridgehead atoms. The number of methoxy groups -OCH3 is 1. The molecule has 17 heavy (non-hydrogen) atoms. The first-order chi connectivity index (χ1) is 8.20. The first kappa shape index (κ1) is 11.4. The smallest absolute Gasteiger partial charge is 0.354 e. The number of hydrogen-bond acceptors (Lipinski definition) is 2. The maximum absolute atomic E-state index is 13.2. The predicted octanol–water partition coefficient (Wildman–Crippen LogP) is 2.46. The van der Waals surface area contributed by atoms with Crippen molar-refractivity contribution in [1.29, 1.82) is 0 Å². The van der Waals surface area contributed by atoms with Crippen molar-refractivity contribution in [2.75, 3.05) is 7.11 Å². The van der Waals surface area contributed by atoms with Gasteiger partial charge in [0, 0.05) is 18.8 Å². The van der Waals surface area contributed by atoms with Gasteiger partial charge in [-0.2, -0.15) is 0 Å². The van der Waals surface area contributed by atoms with Gasteiger partial charge in [0.05, 0.1) is 7.11 Å². The van der Waals surface area contributed by atoms with Gasteiger partial charge in [0.2, 0.25) is 0 Å². The van der Waals surface area contributed by atoms with Crippen molar-refractivity contribution in [3.05, 3.63) is 59.7 Å². The first-order valence-electron chi connectivity index (χ1n) is 5.18. The van der Waals surface area contributed by atoms with E-state index < -0.39 is 11.8 Å². The molecule has 0 N–H and O–H groups in total. The fourth-order valence-electron chi connectivity index (χ4n) is 1.66. The maximum Gasteiger partial charge on any atom is 0.354 e. The molecule has 0 aliphatic rings. The Morgan fingerprint density at radius 3 is 2.71 bits per heavy atom. The van der Waals surface area contributed by atoms with Crippen LogP contribution in [0.3, 0.4) is 0 Å². The molecule has 0 radical (unpaired) electrons. The lowest BCUT2D eigenvalue weighted by atomic mass is 10.2. The molecular weight excluding hydrogens is 221 g/mol. The van der Waals surface area contributed by atoms with E-state index >= 15 is 0 Å². The van der Waals surface area contributed by atoms with Crippen LogP contribution in [0.4, 0.5) is 4.39 Å². The molecule has 0 aliphatic carbocycles. The minimum atomic E-state index is -0.537. The monoisotopic (exact) mass is 233 g/mol. The Morgan fingerprint density at radius 1 is 1.35 bits per heavy atom. The predicted molar refractivity (Wildman–Crippen MR) is 61.3 cm³/mol. The Bertz CT molecular complexity index is 519. The molecule has 0 aliphatic heterocycles. The largest absolute Gasteiger partial charge is 0.464 e. The van der Waals surface area contributed by atoms with Crippen molar-refractivity contribution in [3.8, 4) is 0 Å². The molecule has 0 spiro atoms. The summed E-state index contributed by atoms with van der Waals surface area (Å²) in [4.78, 5) is 11.4. The van der Waals surface area contributed by atoms with E-state index in [9.17, 15) is 9.18 Å². The highest BCUT2D eigenvalue weighted by Crippen LogP contribution is 2.11. The zero-order chi connectivity index (χ0) is 12.3. The lowest BCUT2D eigenvalue weighted by Crippen LogP contribution is -2.10. The van der Waals surface area contributed by atoms with E-state index in [1.54, 1.807) is 0 Å². The minimum Gasteiger partial charge on any atom is -0.464 e. The van der Waals surface area contributed by atoms with Gasteiger partial charge in [-0.25, -0.2) is 9.18 Å². The number of esters is 1. The van der Waals surface area contributed by atoms with Crippen molar-refractivity contribution < 1.29 is 13.9 Å². The molecule has 1 aromatic heterocycles. The van der Waals surface area contributed by atoms with E-state index in [2.05, 4.69) is 4.74 Å². The Balaban J connectivity index is 2.30. The third-order valence-corrected chi connectivity index (χ3v) is 2.45. The molecule has 0 saturated heterocycles. The van der Waals surface area contributed by atoms with Gasteiger partial charge in [-0.05, 0) is 5.56 Å². The summed E-state index contributed by atoms with van der Waals surface area (Å²) < 4.78 is 19.3. The van der Waals surface area contributed by atoms with Gasteiger partial charge in [-0.3, -0.25) is 0 Å². The van der Waals surface area contributed by atoms with Crippen molar-refractivity contribution in [1.82, 2.24) is 4.57 Å². The van der Waals surface area contributed by atoms with Gasteiger partial charge in [-0.1, -0.05) is 30.3 Å². The summed E-state index contributed by atoms with van der Waals surface area (Å²) in [5.74, 6) is -0.980. The van der Waals surface area contributed by atoms with Gasteiger partial charge >= 0.3 is 5.97 Å². The molecular formula is C13H12FNO2. The molecule has 0 fully saturated rings. The van der Waals surface area contributed by atoms with Crippen LogP contribution in [-0.2, 0) is 11.3 Å². The molecule has 0 amide bonds. The molecule has 0 saturated carbocycles. The summed E-state index contributed by atoms with van der Waals surface area (Å²) in [6.45, 7) is 0.440. The number of nitrogens with zero attached hydrogens (tertiary/aromatic N) is 1. The van der Waals surface area contributed by atoms with E-state index in [1.807, 2.05) is 30.3 Å². The molecule has 0 atom stereocenters. The highest BCUT2D eigenvalue weighted by Gasteiger charge is 2.14. The number of hydrogen-bond donors (Lipinski definition) is 0. The van der Waals surface area contributed by atoms with E-state index in [1.165, 1.54) is 23.9 Å². The van der Waals surface area contributed by atoms with Crippen LogP contribution in [0.25, 0.3) is 0 Å². The summed E-state index contributed by atoms with van der Waals surface area (Å²) in [6.07, 6.45) is 1.29. The Morgan fingerprint density at radius 2 is 2.06 bits per heavy atom. The Kier molecular flexibility index (Phi) is 3.23. The van der Waals surface area contributed by atoms with Crippen LogP contribution in [0.2, 0.25) is 0 Å².